The summed E-state index contributed by atoms with van der Waals surface area (Å²) in [6.45, 7) is 4.03. The van der Waals surface area contributed by atoms with E-state index in [2.05, 4.69) is 4.90 Å². The van der Waals surface area contributed by atoms with E-state index in [1.54, 1.807) is 12.1 Å². The van der Waals surface area contributed by atoms with Crippen LogP contribution in [0.1, 0.15) is 19.3 Å². The molecule has 0 radical (unpaired) electrons. The van der Waals surface area contributed by atoms with Crippen molar-refractivity contribution in [2.24, 2.45) is 5.41 Å². The van der Waals surface area contributed by atoms with Crippen molar-refractivity contribution in [2.45, 2.75) is 19.3 Å². The quantitative estimate of drug-likeness (QED) is 0.854. The maximum Gasteiger partial charge on any atom is 0.229 e. The molecule has 0 aromatic heterocycles. The molecule has 0 aliphatic carbocycles. The predicted octanol–water partition coefficient (Wildman–Crippen LogP) is 2.15. The zero-order valence-corrected chi connectivity index (χ0v) is 13.1. The Hall–Kier alpha value is -1.62. The monoisotopic (exact) mass is 306 g/mol. The van der Waals surface area contributed by atoms with Crippen LogP contribution >= 0.6 is 0 Å². The first-order valence-electron chi connectivity index (χ1n) is 7.95. The van der Waals surface area contributed by atoms with Gasteiger partial charge in [-0.15, -0.1) is 0 Å². The molecule has 5 heteroatoms. The molecule has 4 nitrogen and oxygen atoms in total. The molecule has 1 aromatic rings. The Kier molecular flexibility index (Phi) is 4.34. The zero-order valence-electron chi connectivity index (χ0n) is 13.1. The summed E-state index contributed by atoms with van der Waals surface area (Å²) >= 11 is 0. The smallest absolute Gasteiger partial charge is 0.229 e. The molecule has 2 aliphatic heterocycles. The fourth-order valence-electron chi connectivity index (χ4n) is 3.62. The number of ether oxygens (including phenoxy) is 1. The highest BCUT2D eigenvalue weighted by Gasteiger charge is 2.47. The van der Waals surface area contributed by atoms with E-state index in [4.69, 9.17) is 4.74 Å². The van der Waals surface area contributed by atoms with Gasteiger partial charge in [0.2, 0.25) is 5.91 Å². The summed E-state index contributed by atoms with van der Waals surface area (Å²) in [7, 11) is 1.91. The van der Waals surface area contributed by atoms with Gasteiger partial charge in [0.05, 0.1) is 5.41 Å². The normalized spacial score (nSPS) is 25.9. The third-order valence-corrected chi connectivity index (χ3v) is 4.87. The van der Waals surface area contributed by atoms with E-state index < -0.39 is 0 Å². The minimum absolute atomic E-state index is 0.164. The van der Waals surface area contributed by atoms with Crippen LogP contribution in [0.4, 0.5) is 4.39 Å². The molecule has 2 heterocycles. The molecule has 0 saturated carbocycles. The highest BCUT2D eigenvalue weighted by molar-refractivity contribution is 5.83. The van der Waals surface area contributed by atoms with Crippen LogP contribution in [0.3, 0.4) is 0 Å². The summed E-state index contributed by atoms with van der Waals surface area (Å²) in [5, 5.41) is 0. The number of hydrogen-bond acceptors (Lipinski definition) is 3. The lowest BCUT2D eigenvalue weighted by Gasteiger charge is -2.37. The number of likely N-dealkylation sites (tertiary alicyclic amines) is 2. The Labute approximate surface area is 130 Å². The molecule has 0 N–H and O–H groups in total. The van der Waals surface area contributed by atoms with Crippen LogP contribution < -0.4 is 4.74 Å². The number of benzene rings is 1. The van der Waals surface area contributed by atoms with E-state index in [1.807, 2.05) is 11.9 Å². The minimum atomic E-state index is -0.256. The molecule has 1 atom stereocenters. The molecule has 120 valence electrons. The van der Waals surface area contributed by atoms with Crippen molar-refractivity contribution in [3.8, 4) is 5.75 Å². The Morgan fingerprint density at radius 2 is 2.00 bits per heavy atom. The summed E-state index contributed by atoms with van der Waals surface area (Å²) in [6, 6.07) is 6.08. The fourth-order valence-corrected chi connectivity index (χ4v) is 3.62. The van der Waals surface area contributed by atoms with Gasteiger partial charge in [-0.2, -0.15) is 0 Å². The first kappa shape index (κ1) is 15.3. The van der Waals surface area contributed by atoms with Gasteiger partial charge in [-0.3, -0.25) is 9.69 Å². The summed E-state index contributed by atoms with van der Waals surface area (Å²) in [5.74, 6) is 0.734. The van der Waals surface area contributed by atoms with Crippen molar-refractivity contribution in [1.29, 1.82) is 0 Å². The average Bonchev–Trinajstić information content (AvgIpc) is 2.91. The number of hydrogen-bond donors (Lipinski definition) is 0. The van der Waals surface area contributed by atoms with Crippen LogP contribution in [0.2, 0.25) is 0 Å². The summed E-state index contributed by atoms with van der Waals surface area (Å²) in [6.07, 6.45) is 3.06. The maximum absolute atomic E-state index is 12.8. The van der Waals surface area contributed by atoms with Crippen LogP contribution in [0.15, 0.2) is 24.3 Å². The van der Waals surface area contributed by atoms with Gasteiger partial charge in [-0.25, -0.2) is 4.39 Å². The standard InChI is InChI=1S/C17H23FN2O2/c1-19-9-2-7-17(16(19)21)8-10-20(13-17)11-12-22-15-5-3-14(18)4-6-15/h3-6H,2,7-13H2,1H3. The SMILES string of the molecule is CN1CCCC2(CCN(CCOc3ccc(F)cc3)C2)C1=O. The van der Waals surface area contributed by atoms with Crippen LogP contribution in [0.5, 0.6) is 5.75 Å². The van der Waals surface area contributed by atoms with E-state index in [0.717, 1.165) is 45.4 Å². The molecule has 22 heavy (non-hydrogen) atoms. The number of nitrogens with zero attached hydrogens (tertiary/aromatic N) is 2. The van der Waals surface area contributed by atoms with Gasteiger partial charge < -0.3 is 9.64 Å². The Morgan fingerprint density at radius 1 is 1.23 bits per heavy atom. The molecular weight excluding hydrogens is 283 g/mol. The predicted molar refractivity (Wildman–Crippen MR) is 82.3 cm³/mol. The first-order chi connectivity index (χ1) is 10.6. The molecule has 1 unspecified atom stereocenters. The highest BCUT2D eigenvalue weighted by Crippen LogP contribution is 2.39. The van der Waals surface area contributed by atoms with Gasteiger partial charge in [-0.1, -0.05) is 0 Å². The number of rotatable bonds is 4. The molecule has 1 aromatic carbocycles. The van der Waals surface area contributed by atoms with Gasteiger partial charge in [0.25, 0.3) is 0 Å². The second-order valence-electron chi connectivity index (χ2n) is 6.44. The van der Waals surface area contributed by atoms with Crippen LogP contribution in [-0.4, -0.2) is 55.5 Å². The van der Waals surface area contributed by atoms with E-state index in [0.29, 0.717) is 18.3 Å². The van der Waals surface area contributed by atoms with Crippen molar-refractivity contribution < 1.29 is 13.9 Å². The molecule has 0 bridgehead atoms. The second-order valence-corrected chi connectivity index (χ2v) is 6.44. The van der Waals surface area contributed by atoms with Crippen LogP contribution in [-0.2, 0) is 4.79 Å². The van der Waals surface area contributed by atoms with Crippen molar-refractivity contribution >= 4 is 5.91 Å². The Bertz CT molecular complexity index is 534. The fraction of sp³-hybridized carbons (Fsp3) is 0.588. The lowest BCUT2D eigenvalue weighted by molar-refractivity contribution is -0.143. The summed E-state index contributed by atoms with van der Waals surface area (Å²) < 4.78 is 18.5. The zero-order chi connectivity index (χ0) is 15.6. The van der Waals surface area contributed by atoms with Crippen LogP contribution in [0, 0.1) is 11.2 Å². The van der Waals surface area contributed by atoms with Crippen molar-refractivity contribution in [3.63, 3.8) is 0 Å². The maximum atomic E-state index is 12.8. The van der Waals surface area contributed by atoms with Crippen molar-refractivity contribution in [2.75, 3.05) is 39.8 Å². The topological polar surface area (TPSA) is 32.8 Å². The molecule has 2 saturated heterocycles. The number of halogens is 1. The largest absolute Gasteiger partial charge is 0.492 e. The number of amides is 1. The molecular formula is C17H23FN2O2. The molecule has 2 fully saturated rings. The lowest BCUT2D eigenvalue weighted by Crippen LogP contribution is -2.48. The number of carbonyl (C=O) groups excluding carboxylic acids is 1. The molecule has 3 rings (SSSR count). The van der Waals surface area contributed by atoms with E-state index in [9.17, 15) is 9.18 Å². The van der Waals surface area contributed by atoms with E-state index in [-0.39, 0.29) is 11.2 Å². The minimum Gasteiger partial charge on any atom is -0.492 e. The highest BCUT2D eigenvalue weighted by atomic mass is 19.1. The van der Waals surface area contributed by atoms with Gasteiger partial charge >= 0.3 is 0 Å². The molecule has 2 aliphatic rings. The van der Waals surface area contributed by atoms with E-state index >= 15 is 0 Å². The van der Waals surface area contributed by atoms with Crippen LogP contribution in [0.25, 0.3) is 0 Å². The third kappa shape index (κ3) is 3.09. The lowest BCUT2D eigenvalue weighted by atomic mass is 9.78. The first-order valence-corrected chi connectivity index (χ1v) is 7.95. The summed E-state index contributed by atoms with van der Waals surface area (Å²) in [4.78, 5) is 16.6. The third-order valence-electron chi connectivity index (χ3n) is 4.87. The van der Waals surface area contributed by atoms with Gasteiger partial charge in [0, 0.05) is 26.7 Å². The van der Waals surface area contributed by atoms with Gasteiger partial charge in [-0.05, 0) is 50.1 Å². The Balaban J connectivity index is 1.49. The number of carbonyl (C=O) groups is 1. The Morgan fingerprint density at radius 3 is 2.77 bits per heavy atom. The second kappa shape index (κ2) is 6.24. The van der Waals surface area contributed by atoms with Gasteiger partial charge in [0.1, 0.15) is 18.2 Å². The molecule has 1 amide bonds. The van der Waals surface area contributed by atoms with Gasteiger partial charge in [0.15, 0.2) is 0 Å². The average molecular weight is 306 g/mol. The summed E-state index contributed by atoms with van der Waals surface area (Å²) in [5.41, 5.74) is -0.164. The van der Waals surface area contributed by atoms with E-state index in [1.165, 1.54) is 12.1 Å². The number of piperidine rings is 1. The van der Waals surface area contributed by atoms with Crippen molar-refractivity contribution in [3.05, 3.63) is 30.1 Å². The van der Waals surface area contributed by atoms with Crippen molar-refractivity contribution in [1.82, 2.24) is 9.80 Å². The molecule has 1 spiro atoms.